The molecule has 1 aliphatic rings. The normalized spacial score (nSPS) is 14.4. The summed E-state index contributed by atoms with van der Waals surface area (Å²) in [5.41, 5.74) is 3.58. The highest BCUT2D eigenvalue weighted by Crippen LogP contribution is 2.32. The Balaban J connectivity index is 1.30. The summed E-state index contributed by atoms with van der Waals surface area (Å²) in [7, 11) is 1.99. The van der Waals surface area contributed by atoms with E-state index in [4.69, 9.17) is 24.7 Å². The van der Waals surface area contributed by atoms with E-state index in [1.165, 1.54) is 19.3 Å². The van der Waals surface area contributed by atoms with Gasteiger partial charge in [0.05, 0.1) is 23.9 Å². The van der Waals surface area contributed by atoms with Crippen LogP contribution in [0.1, 0.15) is 38.1 Å². The molecule has 9 heteroatoms. The van der Waals surface area contributed by atoms with E-state index in [-0.39, 0.29) is 0 Å². The Morgan fingerprint density at radius 3 is 2.58 bits per heavy atom. The first-order valence-electron chi connectivity index (χ1n) is 12.6. The molecule has 0 radical (unpaired) electrons. The lowest BCUT2D eigenvalue weighted by Gasteiger charge is -2.23. The number of fused-ring (bicyclic) bond motifs is 2. The van der Waals surface area contributed by atoms with E-state index in [9.17, 15) is 0 Å². The predicted molar refractivity (Wildman–Crippen MR) is 142 cm³/mol. The summed E-state index contributed by atoms with van der Waals surface area (Å²) in [5.74, 6) is 2.72. The predicted octanol–water partition coefficient (Wildman–Crippen LogP) is 5.45. The highest BCUT2D eigenvalue weighted by Gasteiger charge is 2.21. The maximum atomic E-state index is 5.85. The maximum absolute atomic E-state index is 5.85. The molecule has 1 saturated carbocycles. The molecule has 0 aliphatic heterocycles. The second-order valence-electron chi connectivity index (χ2n) is 9.21. The van der Waals surface area contributed by atoms with Gasteiger partial charge < -0.3 is 19.2 Å². The fourth-order valence-corrected chi connectivity index (χ4v) is 4.93. The van der Waals surface area contributed by atoms with Crippen LogP contribution in [0.4, 0.5) is 17.7 Å². The SMILES string of the molecule is Cn1c(Nc2nc(NCCOc3ccccc3)c3ncn(C4CCCCC4)c3n2)nc2ccccc21. The van der Waals surface area contributed by atoms with E-state index in [0.717, 1.165) is 40.8 Å². The van der Waals surface area contributed by atoms with Gasteiger partial charge in [-0.2, -0.15) is 9.97 Å². The van der Waals surface area contributed by atoms with Gasteiger partial charge in [-0.25, -0.2) is 9.97 Å². The quantitative estimate of drug-likeness (QED) is 0.284. The Morgan fingerprint density at radius 2 is 1.75 bits per heavy atom. The highest BCUT2D eigenvalue weighted by atomic mass is 16.5. The van der Waals surface area contributed by atoms with Crippen LogP contribution in [0.5, 0.6) is 5.75 Å². The summed E-state index contributed by atoms with van der Waals surface area (Å²) < 4.78 is 10.1. The van der Waals surface area contributed by atoms with Crippen LogP contribution < -0.4 is 15.4 Å². The molecule has 0 atom stereocenters. The van der Waals surface area contributed by atoms with Crippen LogP contribution in [-0.2, 0) is 7.05 Å². The van der Waals surface area contributed by atoms with Crippen molar-refractivity contribution in [1.29, 1.82) is 0 Å². The summed E-state index contributed by atoms with van der Waals surface area (Å²) >= 11 is 0. The molecule has 36 heavy (non-hydrogen) atoms. The summed E-state index contributed by atoms with van der Waals surface area (Å²) in [6.45, 7) is 1.09. The van der Waals surface area contributed by atoms with E-state index < -0.39 is 0 Å². The number of rotatable bonds is 8. The van der Waals surface area contributed by atoms with Crippen molar-refractivity contribution in [2.45, 2.75) is 38.1 Å². The number of ether oxygens (including phenoxy) is 1. The third-order valence-corrected chi connectivity index (χ3v) is 6.81. The summed E-state index contributed by atoms with van der Waals surface area (Å²) in [4.78, 5) is 19.2. The van der Waals surface area contributed by atoms with Crippen molar-refractivity contribution in [3.63, 3.8) is 0 Å². The fourth-order valence-electron chi connectivity index (χ4n) is 4.93. The second-order valence-corrected chi connectivity index (χ2v) is 9.21. The van der Waals surface area contributed by atoms with Gasteiger partial charge in [0.1, 0.15) is 12.4 Å². The molecule has 9 nitrogen and oxygen atoms in total. The van der Waals surface area contributed by atoms with E-state index in [1.54, 1.807) is 0 Å². The molecule has 0 saturated heterocycles. The lowest BCUT2D eigenvalue weighted by Crippen LogP contribution is -2.15. The number of aryl methyl sites for hydroxylation is 1. The number of hydrogen-bond acceptors (Lipinski definition) is 7. The first-order valence-corrected chi connectivity index (χ1v) is 12.6. The van der Waals surface area contributed by atoms with Crippen LogP contribution in [0, 0.1) is 0 Å². The first-order chi connectivity index (χ1) is 17.8. The number of para-hydroxylation sites is 3. The molecule has 1 aliphatic carbocycles. The Bertz CT molecular complexity index is 1470. The zero-order valence-electron chi connectivity index (χ0n) is 20.4. The molecule has 0 unspecified atom stereocenters. The molecule has 2 aromatic carbocycles. The smallest absolute Gasteiger partial charge is 0.233 e. The van der Waals surface area contributed by atoms with Crippen molar-refractivity contribution < 1.29 is 4.74 Å². The van der Waals surface area contributed by atoms with Crippen LogP contribution in [0.2, 0.25) is 0 Å². The molecule has 0 amide bonds. The second kappa shape index (κ2) is 9.85. The van der Waals surface area contributed by atoms with Gasteiger partial charge in [0.2, 0.25) is 11.9 Å². The number of benzene rings is 2. The van der Waals surface area contributed by atoms with Crippen LogP contribution in [0.15, 0.2) is 60.9 Å². The number of nitrogens with one attached hydrogen (secondary N) is 2. The molecule has 0 spiro atoms. The molecule has 3 heterocycles. The van der Waals surface area contributed by atoms with Crippen molar-refractivity contribution in [3.8, 4) is 5.75 Å². The van der Waals surface area contributed by atoms with Crippen molar-refractivity contribution in [1.82, 2.24) is 29.1 Å². The third-order valence-electron chi connectivity index (χ3n) is 6.81. The van der Waals surface area contributed by atoms with Gasteiger partial charge in [0.25, 0.3) is 0 Å². The number of hydrogen-bond donors (Lipinski definition) is 2. The van der Waals surface area contributed by atoms with Gasteiger partial charge in [-0.1, -0.05) is 49.6 Å². The van der Waals surface area contributed by atoms with Crippen molar-refractivity contribution >= 4 is 39.9 Å². The Hall–Kier alpha value is -4.14. The monoisotopic (exact) mass is 482 g/mol. The van der Waals surface area contributed by atoms with Gasteiger partial charge in [-0.15, -0.1) is 0 Å². The largest absolute Gasteiger partial charge is 0.492 e. The molecule has 5 aromatic rings. The lowest BCUT2D eigenvalue weighted by atomic mass is 9.95. The van der Waals surface area contributed by atoms with Gasteiger partial charge >= 0.3 is 0 Å². The average molecular weight is 483 g/mol. The van der Waals surface area contributed by atoms with Crippen LogP contribution >= 0.6 is 0 Å². The van der Waals surface area contributed by atoms with Crippen LogP contribution in [-0.4, -0.2) is 42.2 Å². The van der Waals surface area contributed by atoms with Crippen molar-refractivity contribution in [2.24, 2.45) is 7.05 Å². The Morgan fingerprint density at radius 1 is 0.944 bits per heavy atom. The molecular weight excluding hydrogens is 452 g/mol. The van der Waals surface area contributed by atoms with Gasteiger partial charge in [0.15, 0.2) is 17.0 Å². The minimum atomic E-state index is 0.413. The standard InChI is InChI=1S/C27H30N8O/c1-34-22-15-9-8-14-21(22)30-27(34)33-26-31-24(28-16-17-36-20-12-6-3-7-13-20)23-25(32-26)35(18-29-23)19-10-4-2-5-11-19/h3,6-9,12-15,18-19H,2,4-5,10-11,16-17H2,1H3,(H2,28,30,31,32,33). The summed E-state index contributed by atoms with van der Waals surface area (Å²) in [6.07, 6.45) is 7.99. The molecule has 2 N–H and O–H groups in total. The maximum Gasteiger partial charge on any atom is 0.233 e. The number of imidazole rings is 2. The number of anilines is 3. The van der Waals surface area contributed by atoms with Crippen LogP contribution in [0.3, 0.4) is 0 Å². The molecule has 6 rings (SSSR count). The molecule has 0 bridgehead atoms. The molecule has 184 valence electrons. The van der Waals surface area contributed by atoms with E-state index in [2.05, 4.69) is 21.3 Å². The molecule has 1 fully saturated rings. The Kier molecular flexibility index (Phi) is 6.11. The summed E-state index contributed by atoms with van der Waals surface area (Å²) in [6, 6.07) is 18.3. The highest BCUT2D eigenvalue weighted by molar-refractivity contribution is 5.85. The van der Waals surface area contributed by atoms with E-state index in [0.29, 0.717) is 36.9 Å². The summed E-state index contributed by atoms with van der Waals surface area (Å²) in [5, 5.41) is 6.77. The average Bonchev–Trinajstić information content (AvgIpc) is 3.49. The topological polar surface area (TPSA) is 94.7 Å². The van der Waals surface area contributed by atoms with Gasteiger partial charge in [-0.3, -0.25) is 5.32 Å². The number of nitrogens with zero attached hydrogens (tertiary/aromatic N) is 6. The Labute approximate surface area is 209 Å². The van der Waals surface area contributed by atoms with Gasteiger partial charge in [-0.05, 0) is 37.1 Å². The van der Waals surface area contributed by atoms with Crippen molar-refractivity contribution in [3.05, 3.63) is 60.9 Å². The zero-order chi connectivity index (χ0) is 24.3. The van der Waals surface area contributed by atoms with E-state index in [1.807, 2.05) is 66.5 Å². The zero-order valence-corrected chi connectivity index (χ0v) is 20.4. The first kappa shape index (κ1) is 22.3. The van der Waals surface area contributed by atoms with E-state index >= 15 is 0 Å². The van der Waals surface area contributed by atoms with Crippen LogP contribution in [0.25, 0.3) is 22.2 Å². The molecular formula is C27H30N8O. The minimum Gasteiger partial charge on any atom is -0.492 e. The van der Waals surface area contributed by atoms with Gasteiger partial charge in [0, 0.05) is 13.1 Å². The lowest BCUT2D eigenvalue weighted by molar-refractivity contribution is 0.333. The third kappa shape index (κ3) is 4.44. The minimum absolute atomic E-state index is 0.413. The number of aromatic nitrogens is 6. The fraction of sp³-hybridized carbons (Fsp3) is 0.333. The molecule has 3 aromatic heterocycles. The van der Waals surface area contributed by atoms with Crippen molar-refractivity contribution in [2.75, 3.05) is 23.8 Å².